The molecule has 0 aliphatic carbocycles. The van der Waals surface area contributed by atoms with E-state index in [0.717, 1.165) is 0 Å². The lowest BCUT2D eigenvalue weighted by atomic mass is 10.2. The van der Waals surface area contributed by atoms with Gasteiger partial charge in [-0.05, 0) is 42.5 Å². The van der Waals surface area contributed by atoms with Crippen LogP contribution in [0.2, 0.25) is 0 Å². The van der Waals surface area contributed by atoms with Crippen molar-refractivity contribution in [2.24, 2.45) is 0 Å². The van der Waals surface area contributed by atoms with E-state index in [1.807, 2.05) is 6.07 Å². The summed E-state index contributed by atoms with van der Waals surface area (Å²) in [5, 5.41) is 12.3. The summed E-state index contributed by atoms with van der Waals surface area (Å²) in [7, 11) is 0. The highest BCUT2D eigenvalue weighted by atomic mass is 16.5. The Hall–Kier alpha value is -4.46. The number of esters is 2. The van der Waals surface area contributed by atoms with Gasteiger partial charge in [0.1, 0.15) is 11.5 Å². The van der Waals surface area contributed by atoms with Gasteiger partial charge in [0.25, 0.3) is 0 Å². The Morgan fingerprint density at radius 2 is 1.15 bits per heavy atom. The summed E-state index contributed by atoms with van der Waals surface area (Å²) < 4.78 is 10.8. The van der Waals surface area contributed by atoms with Crippen LogP contribution in [0.5, 0.6) is 11.5 Å². The van der Waals surface area contributed by atoms with Gasteiger partial charge >= 0.3 is 11.9 Å². The zero-order valence-corrected chi connectivity index (χ0v) is 17.4. The van der Waals surface area contributed by atoms with Crippen molar-refractivity contribution in [3.8, 4) is 11.5 Å². The Balaban J connectivity index is 1.41. The molecule has 0 radical (unpaired) electrons. The molecule has 7 heteroatoms. The highest BCUT2D eigenvalue weighted by molar-refractivity contribution is 5.91. The Kier molecular flexibility index (Phi) is 6.75. The minimum Gasteiger partial charge on any atom is -0.603 e. The number of anilines is 1. The van der Waals surface area contributed by atoms with Crippen molar-refractivity contribution < 1.29 is 24.2 Å². The van der Waals surface area contributed by atoms with Gasteiger partial charge in [-0.15, -0.1) is 0 Å². The molecule has 4 aromatic rings. The summed E-state index contributed by atoms with van der Waals surface area (Å²) in [6, 6.07) is 30.0. The monoisotopic (exact) mass is 440 g/mol. The fourth-order valence-corrected chi connectivity index (χ4v) is 3.02. The number of benzene rings is 4. The van der Waals surface area contributed by atoms with Crippen molar-refractivity contribution in [1.82, 2.24) is 0 Å². The first-order chi connectivity index (χ1) is 16.1. The Labute approximate surface area is 190 Å². The second-order valence-corrected chi connectivity index (χ2v) is 7.02. The minimum atomic E-state index is -0.513. The van der Waals surface area contributed by atoms with Gasteiger partial charge in [-0.3, -0.25) is 0 Å². The molecule has 0 fully saturated rings. The van der Waals surface area contributed by atoms with E-state index < -0.39 is 17.1 Å². The Morgan fingerprint density at radius 1 is 0.636 bits per heavy atom. The molecule has 0 aromatic heterocycles. The number of quaternary nitrogens is 1. The van der Waals surface area contributed by atoms with Crippen LogP contribution in [0, 0.1) is 5.21 Å². The number of hydrogen-bond acceptors (Lipinski definition) is 6. The van der Waals surface area contributed by atoms with Crippen molar-refractivity contribution in [2.75, 3.05) is 5.43 Å². The molecule has 1 unspecified atom stereocenters. The second kappa shape index (κ2) is 10.2. The smallest absolute Gasteiger partial charge is 0.343 e. The zero-order chi connectivity index (χ0) is 23.0. The summed E-state index contributed by atoms with van der Waals surface area (Å²) >= 11 is 0. The highest BCUT2D eigenvalue weighted by Crippen LogP contribution is 2.19. The molecule has 4 rings (SSSR count). The second-order valence-electron chi connectivity index (χ2n) is 7.02. The summed E-state index contributed by atoms with van der Waals surface area (Å²) in [5.74, 6) is -0.456. The molecule has 0 saturated heterocycles. The van der Waals surface area contributed by atoms with Gasteiger partial charge in [0.15, 0.2) is 5.69 Å². The fourth-order valence-electron chi connectivity index (χ4n) is 3.02. The van der Waals surface area contributed by atoms with Gasteiger partial charge < -0.3 is 14.7 Å². The third-order valence-electron chi connectivity index (χ3n) is 4.63. The van der Waals surface area contributed by atoms with Crippen LogP contribution in [0.4, 0.5) is 11.4 Å². The van der Waals surface area contributed by atoms with Crippen LogP contribution in [-0.2, 0) is 0 Å². The molecule has 0 amide bonds. The molecular formula is C26H20N2O5. The van der Waals surface area contributed by atoms with E-state index in [9.17, 15) is 14.8 Å². The molecule has 2 N–H and O–H groups in total. The van der Waals surface area contributed by atoms with Crippen molar-refractivity contribution in [2.45, 2.75) is 0 Å². The first kappa shape index (κ1) is 21.8. The normalized spacial score (nSPS) is 11.3. The van der Waals surface area contributed by atoms with Crippen LogP contribution in [0.15, 0.2) is 109 Å². The molecule has 33 heavy (non-hydrogen) atoms. The summed E-state index contributed by atoms with van der Waals surface area (Å²) in [5.41, 5.74) is 4.34. The summed E-state index contributed by atoms with van der Waals surface area (Å²) in [6.45, 7) is 0. The molecule has 0 aliphatic rings. The largest absolute Gasteiger partial charge is 0.603 e. The molecule has 0 heterocycles. The topological polar surface area (TPSA) is 92.1 Å². The molecule has 164 valence electrons. The molecule has 0 spiro atoms. The lowest BCUT2D eigenvalue weighted by molar-refractivity contribution is -0.749. The highest BCUT2D eigenvalue weighted by Gasteiger charge is 2.12. The average Bonchev–Trinajstić information content (AvgIpc) is 2.85. The number of ether oxygens (including phenoxy) is 2. The number of carbonyl (C=O) groups is 2. The third-order valence-corrected chi connectivity index (χ3v) is 4.63. The first-order valence-corrected chi connectivity index (χ1v) is 10.1. The maximum atomic E-state index is 12.7. The van der Waals surface area contributed by atoms with E-state index in [0.29, 0.717) is 28.3 Å². The molecule has 0 saturated carbocycles. The van der Waals surface area contributed by atoms with Crippen molar-refractivity contribution >= 4 is 23.3 Å². The first-order valence-electron chi connectivity index (χ1n) is 10.1. The molecule has 7 nitrogen and oxygen atoms in total. The van der Waals surface area contributed by atoms with Crippen LogP contribution in [-0.4, -0.2) is 11.9 Å². The zero-order valence-electron chi connectivity index (χ0n) is 17.4. The number of rotatable bonds is 7. The van der Waals surface area contributed by atoms with Gasteiger partial charge in [-0.2, -0.15) is 0 Å². The minimum absolute atomic E-state index is 0.252. The predicted octanol–water partition coefficient (Wildman–Crippen LogP) is 4.17. The van der Waals surface area contributed by atoms with Crippen LogP contribution >= 0.6 is 0 Å². The van der Waals surface area contributed by atoms with E-state index in [2.05, 4.69) is 5.43 Å². The third kappa shape index (κ3) is 5.82. The van der Waals surface area contributed by atoms with Gasteiger partial charge in [0.2, 0.25) is 0 Å². The van der Waals surface area contributed by atoms with E-state index in [4.69, 9.17) is 9.47 Å². The number of hydrogen-bond donors (Lipinski definition) is 2. The van der Waals surface area contributed by atoms with Crippen LogP contribution < -0.4 is 20.1 Å². The van der Waals surface area contributed by atoms with Gasteiger partial charge in [0, 0.05) is 18.2 Å². The maximum Gasteiger partial charge on any atom is 0.343 e. The lowest BCUT2D eigenvalue weighted by Gasteiger charge is -2.23. The van der Waals surface area contributed by atoms with Gasteiger partial charge in [0.05, 0.1) is 16.8 Å². The molecule has 0 aliphatic heterocycles. The maximum absolute atomic E-state index is 12.7. The van der Waals surface area contributed by atoms with Crippen molar-refractivity contribution in [1.29, 1.82) is 0 Å². The number of carbonyl (C=O) groups excluding carboxylic acids is 2. The van der Waals surface area contributed by atoms with E-state index in [1.165, 1.54) is 6.07 Å². The Bertz CT molecular complexity index is 1250. The SMILES string of the molecule is O=C(Oc1cccc(N[NH+]([O-])c2cccc(OC(=O)c3ccccc3)c2)c1)c1ccccc1. The quantitative estimate of drug-likeness (QED) is 0.255. The number of nitrogens with one attached hydrogen (secondary N) is 2. The lowest BCUT2D eigenvalue weighted by Crippen LogP contribution is -3.05. The van der Waals surface area contributed by atoms with Crippen LogP contribution in [0.25, 0.3) is 0 Å². The summed E-state index contributed by atoms with van der Waals surface area (Å²) in [4.78, 5) is 24.5. The summed E-state index contributed by atoms with van der Waals surface area (Å²) in [6.07, 6.45) is 0. The average molecular weight is 440 g/mol. The molecule has 0 bridgehead atoms. The fraction of sp³-hybridized carbons (Fsp3) is 0. The van der Waals surface area contributed by atoms with Gasteiger partial charge in [-0.1, -0.05) is 48.5 Å². The van der Waals surface area contributed by atoms with Crippen LogP contribution in [0.3, 0.4) is 0 Å². The molecular weight excluding hydrogens is 420 g/mol. The van der Waals surface area contributed by atoms with Crippen LogP contribution in [0.1, 0.15) is 20.7 Å². The predicted molar refractivity (Wildman–Crippen MR) is 123 cm³/mol. The molecule has 4 aromatic carbocycles. The van der Waals surface area contributed by atoms with Crippen molar-refractivity contribution in [3.05, 3.63) is 126 Å². The molecule has 1 atom stereocenters. The Morgan fingerprint density at radius 3 is 1.73 bits per heavy atom. The van der Waals surface area contributed by atoms with E-state index >= 15 is 0 Å². The standard InChI is InChI=1S/C26H20N2O5/c29-25(19-9-3-1-4-10-19)32-23-15-7-13-21(17-23)27-28(31)22-14-8-16-24(18-22)33-26(30)20-11-5-2-6-12-20/h1-18,27-28H. The van der Waals surface area contributed by atoms with E-state index in [-0.39, 0.29) is 5.75 Å². The van der Waals surface area contributed by atoms with E-state index in [1.54, 1.807) is 97.1 Å². The van der Waals surface area contributed by atoms with Crippen molar-refractivity contribution in [3.63, 3.8) is 0 Å². The van der Waals surface area contributed by atoms with Gasteiger partial charge in [-0.25, -0.2) is 20.2 Å².